The topological polar surface area (TPSA) is 18.1 Å². The molecule has 0 atom stereocenters. The predicted molar refractivity (Wildman–Crippen MR) is 192 cm³/mol. The van der Waals surface area contributed by atoms with Crippen LogP contribution in [0.5, 0.6) is 0 Å². The minimum absolute atomic E-state index is 0.915. The first-order chi connectivity index (χ1) is 22.3. The first kappa shape index (κ1) is 24.8. The van der Waals surface area contributed by atoms with E-state index in [1.165, 1.54) is 64.5 Å². The fourth-order valence-electron chi connectivity index (χ4n) is 7.24. The molecule has 0 unspecified atom stereocenters. The lowest BCUT2D eigenvalue weighted by Crippen LogP contribution is -1.93. The second kappa shape index (κ2) is 9.43. The third kappa shape index (κ3) is 3.56. The molecule has 0 bridgehead atoms. The molecular weight excluding hydrogens is 567 g/mol. The van der Waals surface area contributed by atoms with Crippen molar-refractivity contribution in [1.82, 2.24) is 4.57 Å². The van der Waals surface area contributed by atoms with Crippen molar-refractivity contribution >= 4 is 75.3 Å². The highest BCUT2D eigenvalue weighted by molar-refractivity contribution is 7.26. The van der Waals surface area contributed by atoms with Crippen LogP contribution >= 0.6 is 11.3 Å². The Morgan fingerprint density at radius 1 is 0.511 bits per heavy atom. The SMILES string of the molecule is c1ccc(-n2c3ccccc3c3sc4cccc(-c5cccc(-c6cccc7oc8c9ccccc9ccc8c67)c5)c4c32)cc1. The standard InChI is InChI=1S/C42H25NOS/c1-2-14-29(15-3-1)43-35-20-7-6-17-33(35)42-40(43)39-31(19-10-22-37(39)45-42)28-13-8-12-27(25-28)30-18-9-21-36-38(30)34-24-23-26-11-4-5-16-32(26)41(34)44-36/h1-25H. The van der Waals surface area contributed by atoms with Gasteiger partial charge in [0.05, 0.1) is 15.7 Å². The number of hydrogen-bond acceptors (Lipinski definition) is 2. The van der Waals surface area contributed by atoms with Gasteiger partial charge in [0, 0.05) is 37.3 Å². The Morgan fingerprint density at radius 3 is 2.09 bits per heavy atom. The molecule has 45 heavy (non-hydrogen) atoms. The smallest absolute Gasteiger partial charge is 0.143 e. The van der Waals surface area contributed by atoms with E-state index in [9.17, 15) is 0 Å². The molecule has 0 aliphatic heterocycles. The first-order valence-electron chi connectivity index (χ1n) is 15.3. The molecule has 3 heteroatoms. The van der Waals surface area contributed by atoms with E-state index >= 15 is 0 Å². The van der Waals surface area contributed by atoms with Crippen LogP contribution in [-0.4, -0.2) is 4.57 Å². The summed E-state index contributed by atoms with van der Waals surface area (Å²) in [5, 5.41) is 7.24. The summed E-state index contributed by atoms with van der Waals surface area (Å²) < 4.78 is 11.6. The summed E-state index contributed by atoms with van der Waals surface area (Å²) in [5.41, 5.74) is 10.4. The molecule has 0 saturated heterocycles. The summed E-state index contributed by atoms with van der Waals surface area (Å²) in [7, 11) is 0. The van der Waals surface area contributed by atoms with Gasteiger partial charge in [-0.1, -0.05) is 109 Å². The Labute approximate surface area is 263 Å². The van der Waals surface area contributed by atoms with Gasteiger partial charge in [0.25, 0.3) is 0 Å². The zero-order valence-electron chi connectivity index (χ0n) is 24.2. The summed E-state index contributed by atoms with van der Waals surface area (Å²) in [6.07, 6.45) is 0. The number of rotatable bonds is 3. The van der Waals surface area contributed by atoms with Crippen molar-refractivity contribution < 1.29 is 4.42 Å². The molecule has 210 valence electrons. The van der Waals surface area contributed by atoms with Gasteiger partial charge in [-0.2, -0.15) is 0 Å². The zero-order chi connectivity index (χ0) is 29.5. The minimum atomic E-state index is 0.915. The van der Waals surface area contributed by atoms with Gasteiger partial charge in [0.1, 0.15) is 11.2 Å². The van der Waals surface area contributed by atoms with Gasteiger partial charge in [0.15, 0.2) is 0 Å². The van der Waals surface area contributed by atoms with Crippen LogP contribution in [0.1, 0.15) is 0 Å². The molecule has 0 saturated carbocycles. The van der Waals surface area contributed by atoms with Crippen molar-refractivity contribution in [3.8, 4) is 27.9 Å². The van der Waals surface area contributed by atoms with Crippen LogP contribution in [0.15, 0.2) is 156 Å². The van der Waals surface area contributed by atoms with E-state index in [2.05, 4.69) is 156 Å². The van der Waals surface area contributed by atoms with E-state index in [0.717, 1.165) is 27.3 Å². The van der Waals surface area contributed by atoms with Crippen LogP contribution in [0.3, 0.4) is 0 Å². The maximum absolute atomic E-state index is 6.52. The normalized spacial score (nSPS) is 12.0. The van der Waals surface area contributed by atoms with Crippen LogP contribution in [-0.2, 0) is 0 Å². The fraction of sp³-hybridized carbons (Fsp3) is 0. The van der Waals surface area contributed by atoms with E-state index in [-0.39, 0.29) is 0 Å². The summed E-state index contributed by atoms with van der Waals surface area (Å²) in [6.45, 7) is 0. The molecule has 0 spiro atoms. The molecule has 10 aromatic rings. The molecule has 0 aliphatic rings. The highest BCUT2D eigenvalue weighted by Gasteiger charge is 2.21. The van der Waals surface area contributed by atoms with Crippen LogP contribution in [0.2, 0.25) is 0 Å². The number of nitrogens with zero attached hydrogens (tertiary/aromatic N) is 1. The van der Waals surface area contributed by atoms with Gasteiger partial charge in [0.2, 0.25) is 0 Å². The van der Waals surface area contributed by atoms with E-state index in [1.54, 1.807) is 0 Å². The summed E-state index contributed by atoms with van der Waals surface area (Å²) in [5.74, 6) is 0. The second-order valence-corrected chi connectivity index (χ2v) is 12.7. The molecule has 0 fully saturated rings. The predicted octanol–water partition coefficient (Wildman–Crippen LogP) is 12.4. The average molecular weight is 592 g/mol. The molecule has 0 N–H and O–H groups in total. The number of fused-ring (bicyclic) bond motifs is 10. The van der Waals surface area contributed by atoms with Crippen molar-refractivity contribution in [1.29, 1.82) is 0 Å². The van der Waals surface area contributed by atoms with Gasteiger partial charge in [-0.05, 0) is 70.1 Å². The Bertz CT molecular complexity index is 2760. The minimum Gasteiger partial charge on any atom is -0.455 e. The highest BCUT2D eigenvalue weighted by atomic mass is 32.1. The van der Waals surface area contributed by atoms with Crippen molar-refractivity contribution in [3.05, 3.63) is 152 Å². The Balaban J connectivity index is 1.24. The molecule has 2 nitrogen and oxygen atoms in total. The lowest BCUT2D eigenvalue weighted by molar-refractivity contribution is 0.673. The lowest BCUT2D eigenvalue weighted by Gasteiger charge is -2.11. The lowest BCUT2D eigenvalue weighted by atomic mass is 9.94. The molecule has 3 aromatic heterocycles. The van der Waals surface area contributed by atoms with Crippen LogP contribution in [0.25, 0.3) is 91.9 Å². The Morgan fingerprint density at radius 2 is 1.22 bits per heavy atom. The number of aromatic nitrogens is 1. The average Bonchev–Trinajstić information content (AvgIpc) is 3.78. The Kier molecular flexibility index (Phi) is 5.19. The molecule has 10 rings (SSSR count). The van der Waals surface area contributed by atoms with Gasteiger partial charge in [-0.3, -0.25) is 0 Å². The Hall–Kier alpha value is -5.64. The third-order valence-electron chi connectivity index (χ3n) is 9.19. The summed E-state index contributed by atoms with van der Waals surface area (Å²) in [4.78, 5) is 0. The fourth-order valence-corrected chi connectivity index (χ4v) is 8.49. The largest absolute Gasteiger partial charge is 0.455 e. The van der Waals surface area contributed by atoms with Gasteiger partial charge in [-0.15, -0.1) is 11.3 Å². The van der Waals surface area contributed by atoms with Crippen LogP contribution in [0, 0.1) is 0 Å². The monoisotopic (exact) mass is 591 g/mol. The van der Waals surface area contributed by atoms with Gasteiger partial charge in [-0.25, -0.2) is 0 Å². The molecular formula is C42H25NOS. The summed E-state index contributed by atoms with van der Waals surface area (Å²) in [6, 6.07) is 54.6. The van der Waals surface area contributed by atoms with E-state index in [0.29, 0.717) is 0 Å². The highest BCUT2D eigenvalue weighted by Crippen LogP contribution is 2.46. The number of hydrogen-bond donors (Lipinski definition) is 0. The maximum Gasteiger partial charge on any atom is 0.143 e. The van der Waals surface area contributed by atoms with Crippen molar-refractivity contribution in [2.75, 3.05) is 0 Å². The molecule has 3 heterocycles. The van der Waals surface area contributed by atoms with E-state index < -0.39 is 0 Å². The summed E-state index contributed by atoms with van der Waals surface area (Å²) >= 11 is 1.89. The molecule has 0 aliphatic carbocycles. The van der Waals surface area contributed by atoms with Gasteiger partial charge >= 0.3 is 0 Å². The van der Waals surface area contributed by atoms with Crippen molar-refractivity contribution in [3.63, 3.8) is 0 Å². The molecule has 0 amide bonds. The number of para-hydroxylation sites is 2. The van der Waals surface area contributed by atoms with Crippen LogP contribution in [0.4, 0.5) is 0 Å². The zero-order valence-corrected chi connectivity index (χ0v) is 25.0. The van der Waals surface area contributed by atoms with Crippen molar-refractivity contribution in [2.45, 2.75) is 0 Å². The number of benzene rings is 7. The quantitative estimate of drug-likeness (QED) is 0.200. The van der Waals surface area contributed by atoms with Crippen molar-refractivity contribution in [2.24, 2.45) is 0 Å². The van der Waals surface area contributed by atoms with E-state index in [1.807, 2.05) is 11.3 Å². The third-order valence-corrected chi connectivity index (χ3v) is 10.4. The number of furan rings is 1. The van der Waals surface area contributed by atoms with Crippen LogP contribution < -0.4 is 0 Å². The number of thiophene rings is 1. The second-order valence-electron chi connectivity index (χ2n) is 11.7. The molecule has 7 aromatic carbocycles. The first-order valence-corrected chi connectivity index (χ1v) is 16.1. The van der Waals surface area contributed by atoms with E-state index in [4.69, 9.17) is 4.42 Å². The maximum atomic E-state index is 6.52. The van der Waals surface area contributed by atoms with Gasteiger partial charge < -0.3 is 8.98 Å². The molecule has 0 radical (unpaired) electrons.